The molecule has 0 N–H and O–H groups in total. The summed E-state index contributed by atoms with van der Waals surface area (Å²) in [7, 11) is -1.79. The first-order chi connectivity index (χ1) is 13.8. The molecule has 8 heteroatoms. The van der Waals surface area contributed by atoms with Crippen LogP contribution in [0.2, 0.25) is 0 Å². The third-order valence-electron chi connectivity index (χ3n) is 5.06. The van der Waals surface area contributed by atoms with Gasteiger partial charge < -0.3 is 9.80 Å². The Bertz CT molecular complexity index is 967. The molecule has 0 radical (unpaired) electrons. The van der Waals surface area contributed by atoms with Gasteiger partial charge in [-0.25, -0.2) is 8.42 Å². The van der Waals surface area contributed by atoms with E-state index in [9.17, 15) is 18.0 Å². The lowest BCUT2D eigenvalue weighted by atomic mass is 10.2. The quantitative estimate of drug-likeness (QED) is 0.673. The van der Waals surface area contributed by atoms with E-state index in [0.29, 0.717) is 18.7 Å². The number of hydrogen-bond acceptors (Lipinski definition) is 5. The van der Waals surface area contributed by atoms with E-state index in [-0.39, 0.29) is 36.2 Å². The lowest BCUT2D eigenvalue weighted by molar-refractivity contribution is -0.130. The summed E-state index contributed by atoms with van der Waals surface area (Å²) in [4.78, 5) is 27.7. The smallest absolute Gasteiger partial charge is 0.243 e. The predicted octanol–water partition coefficient (Wildman–Crippen LogP) is 1.86. The van der Waals surface area contributed by atoms with Gasteiger partial charge in [-0.1, -0.05) is 30.3 Å². The summed E-state index contributed by atoms with van der Waals surface area (Å²) >= 11 is 0. The lowest BCUT2D eigenvalue weighted by Gasteiger charge is -2.35. The summed E-state index contributed by atoms with van der Waals surface area (Å²) in [6.07, 6.45) is 0. The molecule has 1 aliphatic heterocycles. The molecule has 154 valence electrons. The minimum Gasteiger partial charge on any atom is -0.365 e. The minimum atomic E-state index is -3.65. The van der Waals surface area contributed by atoms with Gasteiger partial charge in [0.2, 0.25) is 15.9 Å². The zero-order chi connectivity index (χ0) is 21.0. The van der Waals surface area contributed by atoms with Gasteiger partial charge in [0, 0.05) is 44.5 Å². The molecule has 1 fully saturated rings. The third-order valence-corrected chi connectivity index (χ3v) is 6.97. The highest BCUT2D eigenvalue weighted by atomic mass is 32.2. The van der Waals surface area contributed by atoms with Crippen molar-refractivity contribution in [2.24, 2.45) is 0 Å². The van der Waals surface area contributed by atoms with Crippen LogP contribution in [0.15, 0.2) is 59.5 Å². The Hall–Kier alpha value is -2.71. The summed E-state index contributed by atoms with van der Waals surface area (Å²) in [6, 6.07) is 15.6. The molecule has 0 spiro atoms. The highest BCUT2D eigenvalue weighted by molar-refractivity contribution is 7.89. The second-order valence-electron chi connectivity index (χ2n) is 7.06. The van der Waals surface area contributed by atoms with E-state index in [4.69, 9.17) is 0 Å². The summed E-state index contributed by atoms with van der Waals surface area (Å²) in [5.41, 5.74) is 1.43. The second-order valence-corrected chi connectivity index (χ2v) is 8.99. The van der Waals surface area contributed by atoms with Crippen LogP contribution in [0.1, 0.15) is 17.3 Å². The van der Waals surface area contributed by atoms with Crippen LogP contribution in [-0.2, 0) is 14.8 Å². The molecule has 2 aromatic carbocycles. The maximum atomic E-state index is 12.8. The van der Waals surface area contributed by atoms with Gasteiger partial charge >= 0.3 is 0 Å². The van der Waals surface area contributed by atoms with Gasteiger partial charge in [-0.05, 0) is 31.2 Å². The number of nitrogens with zero attached hydrogens (tertiary/aromatic N) is 3. The van der Waals surface area contributed by atoms with Crippen molar-refractivity contribution in [1.82, 2.24) is 9.21 Å². The van der Waals surface area contributed by atoms with Gasteiger partial charge in [0.05, 0.1) is 11.4 Å². The van der Waals surface area contributed by atoms with E-state index in [1.54, 1.807) is 4.90 Å². The Morgan fingerprint density at radius 1 is 0.931 bits per heavy atom. The van der Waals surface area contributed by atoms with Crippen molar-refractivity contribution < 1.29 is 18.0 Å². The summed E-state index contributed by atoms with van der Waals surface area (Å²) in [5, 5.41) is 0. The maximum absolute atomic E-state index is 12.8. The highest BCUT2D eigenvalue weighted by Crippen LogP contribution is 2.19. The average molecular weight is 416 g/mol. The fourth-order valence-corrected chi connectivity index (χ4v) is 4.69. The van der Waals surface area contributed by atoms with Crippen molar-refractivity contribution in [1.29, 1.82) is 0 Å². The molecule has 0 atom stereocenters. The topological polar surface area (TPSA) is 78.0 Å². The standard InChI is InChI=1S/C21H25N3O4S/c1-17(25)18-8-10-20(11-9-18)29(27,28)24-14-12-23(13-15-24)21(26)16-22(2)19-6-4-3-5-7-19/h3-11H,12-16H2,1-2H3. The minimum absolute atomic E-state index is 0.0285. The molecule has 7 nitrogen and oxygen atoms in total. The monoisotopic (exact) mass is 415 g/mol. The number of benzene rings is 2. The van der Waals surface area contributed by atoms with E-state index >= 15 is 0 Å². The first-order valence-corrected chi connectivity index (χ1v) is 10.9. The van der Waals surface area contributed by atoms with Crippen molar-refractivity contribution in [2.75, 3.05) is 44.7 Å². The van der Waals surface area contributed by atoms with E-state index < -0.39 is 10.0 Å². The van der Waals surface area contributed by atoms with Crippen LogP contribution >= 0.6 is 0 Å². The predicted molar refractivity (Wildman–Crippen MR) is 111 cm³/mol. The average Bonchev–Trinajstić information content (AvgIpc) is 2.74. The molecule has 0 bridgehead atoms. The summed E-state index contributed by atoms with van der Waals surface area (Å²) in [6.45, 7) is 2.88. The van der Waals surface area contributed by atoms with E-state index in [0.717, 1.165) is 5.69 Å². The van der Waals surface area contributed by atoms with Crippen molar-refractivity contribution in [3.63, 3.8) is 0 Å². The van der Waals surface area contributed by atoms with Crippen molar-refractivity contribution in [2.45, 2.75) is 11.8 Å². The number of rotatable bonds is 6. The second kappa shape index (κ2) is 8.75. The van der Waals surface area contributed by atoms with Crippen molar-refractivity contribution in [3.8, 4) is 0 Å². The zero-order valence-electron chi connectivity index (χ0n) is 16.6. The van der Waals surface area contributed by atoms with Crippen LogP contribution in [-0.4, -0.2) is 69.1 Å². The molecule has 2 aromatic rings. The number of sulfonamides is 1. The Morgan fingerprint density at radius 2 is 1.52 bits per heavy atom. The molecule has 0 saturated carbocycles. The summed E-state index contributed by atoms with van der Waals surface area (Å²) in [5.74, 6) is -0.138. The number of Topliss-reactive ketones (excluding diaryl/α,β-unsaturated/α-hetero) is 1. The molecule has 0 aromatic heterocycles. The fourth-order valence-electron chi connectivity index (χ4n) is 3.27. The Morgan fingerprint density at radius 3 is 2.07 bits per heavy atom. The van der Waals surface area contributed by atoms with Gasteiger partial charge in [0.1, 0.15) is 0 Å². The maximum Gasteiger partial charge on any atom is 0.243 e. The fraction of sp³-hybridized carbons (Fsp3) is 0.333. The number of hydrogen-bond donors (Lipinski definition) is 0. The van der Waals surface area contributed by atoms with E-state index in [2.05, 4.69) is 0 Å². The zero-order valence-corrected chi connectivity index (χ0v) is 17.4. The Kier molecular flexibility index (Phi) is 6.34. The van der Waals surface area contributed by atoms with Gasteiger partial charge in [0.15, 0.2) is 5.78 Å². The number of carbonyl (C=O) groups excluding carboxylic acids is 2. The molecule has 1 aliphatic rings. The number of likely N-dealkylation sites (N-methyl/N-ethyl adjacent to an activating group) is 1. The number of anilines is 1. The van der Waals surface area contributed by atoms with Crippen LogP contribution in [0.4, 0.5) is 5.69 Å². The van der Waals surface area contributed by atoms with Crippen molar-refractivity contribution >= 4 is 27.4 Å². The number of ketones is 1. The number of amides is 1. The number of carbonyl (C=O) groups is 2. The van der Waals surface area contributed by atoms with Crippen LogP contribution in [0.3, 0.4) is 0 Å². The van der Waals surface area contributed by atoms with E-state index in [1.807, 2.05) is 42.3 Å². The van der Waals surface area contributed by atoms with Crippen LogP contribution in [0.25, 0.3) is 0 Å². The first kappa shape index (κ1) is 21.0. The van der Waals surface area contributed by atoms with Gasteiger partial charge in [-0.2, -0.15) is 4.31 Å². The van der Waals surface area contributed by atoms with Crippen LogP contribution in [0.5, 0.6) is 0 Å². The molecule has 0 aliphatic carbocycles. The van der Waals surface area contributed by atoms with Gasteiger partial charge in [-0.3, -0.25) is 9.59 Å². The lowest BCUT2D eigenvalue weighted by Crippen LogP contribution is -2.52. The number of para-hydroxylation sites is 1. The number of piperazine rings is 1. The molecule has 29 heavy (non-hydrogen) atoms. The molecule has 0 unspecified atom stereocenters. The molecule has 1 heterocycles. The van der Waals surface area contributed by atoms with Crippen LogP contribution < -0.4 is 4.90 Å². The third kappa shape index (κ3) is 4.83. The molecule has 3 rings (SSSR count). The van der Waals surface area contributed by atoms with Gasteiger partial charge in [0.25, 0.3) is 0 Å². The molecular formula is C21H25N3O4S. The van der Waals surface area contributed by atoms with Crippen LogP contribution in [0, 0.1) is 0 Å². The first-order valence-electron chi connectivity index (χ1n) is 9.44. The Balaban J connectivity index is 1.59. The summed E-state index contributed by atoms with van der Waals surface area (Å²) < 4.78 is 27.1. The largest absolute Gasteiger partial charge is 0.365 e. The molecule has 1 saturated heterocycles. The molecule has 1 amide bonds. The Labute approximate surface area is 171 Å². The van der Waals surface area contributed by atoms with Crippen molar-refractivity contribution in [3.05, 3.63) is 60.2 Å². The van der Waals surface area contributed by atoms with Gasteiger partial charge in [-0.15, -0.1) is 0 Å². The normalized spacial score (nSPS) is 15.2. The van der Waals surface area contributed by atoms with E-state index in [1.165, 1.54) is 35.5 Å². The highest BCUT2D eigenvalue weighted by Gasteiger charge is 2.30. The molecular weight excluding hydrogens is 390 g/mol. The SMILES string of the molecule is CC(=O)c1ccc(S(=O)(=O)N2CCN(C(=O)CN(C)c3ccccc3)CC2)cc1.